The maximum atomic E-state index is 11.7. The van der Waals surface area contributed by atoms with E-state index in [0.29, 0.717) is 11.4 Å². The zero-order valence-electron chi connectivity index (χ0n) is 11.5. The summed E-state index contributed by atoms with van der Waals surface area (Å²) >= 11 is 0. The predicted molar refractivity (Wildman–Crippen MR) is 73.6 cm³/mol. The van der Waals surface area contributed by atoms with Gasteiger partial charge in [0.2, 0.25) is 0 Å². The van der Waals surface area contributed by atoms with Gasteiger partial charge in [-0.1, -0.05) is 13.0 Å². The Labute approximate surface area is 109 Å². The van der Waals surface area contributed by atoms with Crippen LogP contribution in [0.5, 0.6) is 5.75 Å². The van der Waals surface area contributed by atoms with Gasteiger partial charge in [0.15, 0.2) is 6.61 Å². The lowest BCUT2D eigenvalue weighted by molar-refractivity contribution is -0.124. The van der Waals surface area contributed by atoms with Gasteiger partial charge in [-0.3, -0.25) is 4.79 Å². The quantitative estimate of drug-likeness (QED) is 0.788. The number of hydrogen-bond donors (Lipinski definition) is 2. The fraction of sp³-hybridized carbons (Fsp3) is 0.500. The van der Waals surface area contributed by atoms with Crippen LogP contribution in [0, 0.1) is 6.92 Å². The third kappa shape index (κ3) is 4.28. The Morgan fingerprint density at radius 1 is 1.44 bits per heavy atom. The second-order valence-electron chi connectivity index (χ2n) is 5.10. The highest BCUT2D eigenvalue weighted by Crippen LogP contribution is 2.20. The Balaban J connectivity index is 2.55. The zero-order chi connectivity index (χ0) is 13.8. The molecular formula is C14H22N2O2. The Hall–Kier alpha value is -1.71. The van der Waals surface area contributed by atoms with Gasteiger partial charge in [0.05, 0.1) is 0 Å². The molecule has 1 rings (SSSR count). The predicted octanol–water partition coefficient (Wildman–Crippen LogP) is 2.26. The van der Waals surface area contributed by atoms with Gasteiger partial charge >= 0.3 is 0 Å². The van der Waals surface area contributed by atoms with Gasteiger partial charge in [-0.25, -0.2) is 0 Å². The van der Waals surface area contributed by atoms with Crippen LogP contribution in [0.1, 0.15) is 32.8 Å². The smallest absolute Gasteiger partial charge is 0.258 e. The molecule has 1 amide bonds. The molecule has 1 aromatic carbocycles. The van der Waals surface area contributed by atoms with Crippen molar-refractivity contribution in [3.63, 3.8) is 0 Å². The standard InChI is InChI=1S/C14H22N2O2/c1-5-14(3,4)16-13(17)9-18-12-8-11(15)7-6-10(12)2/h6-8H,5,9,15H2,1-4H3,(H,16,17). The Morgan fingerprint density at radius 3 is 2.72 bits per heavy atom. The van der Waals surface area contributed by atoms with Crippen LogP contribution in [0.25, 0.3) is 0 Å². The van der Waals surface area contributed by atoms with E-state index in [9.17, 15) is 4.79 Å². The van der Waals surface area contributed by atoms with E-state index in [4.69, 9.17) is 10.5 Å². The summed E-state index contributed by atoms with van der Waals surface area (Å²) in [6.07, 6.45) is 0.871. The monoisotopic (exact) mass is 250 g/mol. The molecule has 0 fully saturated rings. The highest BCUT2D eigenvalue weighted by atomic mass is 16.5. The topological polar surface area (TPSA) is 64.3 Å². The lowest BCUT2D eigenvalue weighted by Crippen LogP contribution is -2.44. The first kappa shape index (κ1) is 14.4. The molecular weight excluding hydrogens is 228 g/mol. The molecule has 1 aromatic rings. The van der Waals surface area contributed by atoms with Crippen molar-refractivity contribution < 1.29 is 9.53 Å². The molecule has 0 saturated heterocycles. The minimum Gasteiger partial charge on any atom is -0.483 e. The lowest BCUT2D eigenvalue weighted by atomic mass is 10.0. The fourth-order valence-corrected chi connectivity index (χ4v) is 1.42. The average molecular weight is 250 g/mol. The first-order valence-corrected chi connectivity index (χ1v) is 6.14. The summed E-state index contributed by atoms with van der Waals surface area (Å²) in [5.74, 6) is 0.531. The molecule has 0 aliphatic heterocycles. The average Bonchev–Trinajstić information content (AvgIpc) is 2.30. The molecule has 100 valence electrons. The van der Waals surface area contributed by atoms with E-state index < -0.39 is 0 Å². The van der Waals surface area contributed by atoms with Gasteiger partial charge in [0.1, 0.15) is 5.75 Å². The highest BCUT2D eigenvalue weighted by molar-refractivity contribution is 5.78. The lowest BCUT2D eigenvalue weighted by Gasteiger charge is -2.24. The first-order valence-electron chi connectivity index (χ1n) is 6.14. The number of ether oxygens (including phenoxy) is 1. The number of rotatable bonds is 5. The van der Waals surface area contributed by atoms with Crippen LogP contribution in [0.4, 0.5) is 5.69 Å². The van der Waals surface area contributed by atoms with E-state index in [0.717, 1.165) is 12.0 Å². The van der Waals surface area contributed by atoms with E-state index in [1.807, 2.05) is 39.8 Å². The third-order valence-electron chi connectivity index (χ3n) is 2.93. The molecule has 0 atom stereocenters. The molecule has 0 bridgehead atoms. The van der Waals surface area contributed by atoms with E-state index in [-0.39, 0.29) is 18.1 Å². The van der Waals surface area contributed by atoms with E-state index >= 15 is 0 Å². The van der Waals surface area contributed by atoms with E-state index in [1.165, 1.54) is 0 Å². The van der Waals surface area contributed by atoms with Crippen molar-refractivity contribution in [2.24, 2.45) is 0 Å². The molecule has 4 heteroatoms. The number of nitrogens with two attached hydrogens (primary N) is 1. The molecule has 0 heterocycles. The van der Waals surface area contributed by atoms with Crippen molar-refractivity contribution in [2.45, 2.75) is 39.7 Å². The molecule has 0 aliphatic rings. The second-order valence-corrected chi connectivity index (χ2v) is 5.10. The summed E-state index contributed by atoms with van der Waals surface area (Å²) < 4.78 is 5.48. The largest absolute Gasteiger partial charge is 0.483 e. The van der Waals surface area contributed by atoms with Gasteiger partial charge in [0.25, 0.3) is 5.91 Å². The maximum absolute atomic E-state index is 11.7. The van der Waals surface area contributed by atoms with Crippen molar-refractivity contribution in [1.29, 1.82) is 0 Å². The molecule has 0 saturated carbocycles. The summed E-state index contributed by atoms with van der Waals surface area (Å²) in [5.41, 5.74) is 7.07. The number of aryl methyl sites for hydroxylation is 1. The molecule has 4 nitrogen and oxygen atoms in total. The molecule has 18 heavy (non-hydrogen) atoms. The van der Waals surface area contributed by atoms with Crippen LogP contribution in [-0.4, -0.2) is 18.1 Å². The highest BCUT2D eigenvalue weighted by Gasteiger charge is 2.18. The first-order chi connectivity index (χ1) is 8.34. The fourth-order valence-electron chi connectivity index (χ4n) is 1.42. The number of hydrogen-bond acceptors (Lipinski definition) is 3. The summed E-state index contributed by atoms with van der Waals surface area (Å²) in [6, 6.07) is 5.41. The van der Waals surface area contributed by atoms with Crippen LogP contribution < -0.4 is 15.8 Å². The molecule has 3 N–H and O–H groups in total. The Bertz CT molecular complexity index is 428. The minimum atomic E-state index is -0.203. The summed E-state index contributed by atoms with van der Waals surface area (Å²) in [5, 5.41) is 2.92. The number of carbonyl (C=O) groups is 1. The summed E-state index contributed by atoms with van der Waals surface area (Å²) in [4.78, 5) is 11.7. The van der Waals surface area contributed by atoms with Crippen molar-refractivity contribution in [3.8, 4) is 5.75 Å². The van der Waals surface area contributed by atoms with Crippen LogP contribution in [0.2, 0.25) is 0 Å². The van der Waals surface area contributed by atoms with Gasteiger partial charge in [-0.2, -0.15) is 0 Å². The van der Waals surface area contributed by atoms with E-state index in [2.05, 4.69) is 5.32 Å². The number of nitrogens with one attached hydrogen (secondary N) is 1. The molecule has 0 spiro atoms. The normalized spacial score (nSPS) is 11.1. The molecule has 0 aromatic heterocycles. The number of amides is 1. The molecule has 0 radical (unpaired) electrons. The molecule has 0 unspecified atom stereocenters. The SMILES string of the molecule is CCC(C)(C)NC(=O)COc1cc(N)ccc1C. The van der Waals surface area contributed by atoms with Crippen LogP contribution in [0.15, 0.2) is 18.2 Å². The van der Waals surface area contributed by atoms with Crippen molar-refractivity contribution in [1.82, 2.24) is 5.32 Å². The van der Waals surface area contributed by atoms with Crippen LogP contribution >= 0.6 is 0 Å². The summed E-state index contributed by atoms with van der Waals surface area (Å²) in [6.45, 7) is 7.92. The third-order valence-corrected chi connectivity index (χ3v) is 2.93. The zero-order valence-corrected chi connectivity index (χ0v) is 11.5. The number of anilines is 1. The molecule has 0 aliphatic carbocycles. The van der Waals surface area contributed by atoms with Gasteiger partial charge < -0.3 is 15.8 Å². The Morgan fingerprint density at radius 2 is 2.11 bits per heavy atom. The number of carbonyl (C=O) groups excluding carboxylic acids is 1. The number of benzene rings is 1. The maximum Gasteiger partial charge on any atom is 0.258 e. The Kier molecular flexibility index (Phi) is 4.59. The van der Waals surface area contributed by atoms with Crippen molar-refractivity contribution in [3.05, 3.63) is 23.8 Å². The van der Waals surface area contributed by atoms with Crippen molar-refractivity contribution in [2.75, 3.05) is 12.3 Å². The van der Waals surface area contributed by atoms with Gasteiger partial charge in [-0.05, 0) is 38.8 Å². The van der Waals surface area contributed by atoms with Gasteiger partial charge in [-0.15, -0.1) is 0 Å². The number of nitrogen functional groups attached to an aromatic ring is 1. The van der Waals surface area contributed by atoms with Crippen LogP contribution in [-0.2, 0) is 4.79 Å². The van der Waals surface area contributed by atoms with Crippen LogP contribution in [0.3, 0.4) is 0 Å². The summed E-state index contributed by atoms with van der Waals surface area (Å²) in [7, 11) is 0. The van der Waals surface area contributed by atoms with E-state index in [1.54, 1.807) is 6.07 Å². The van der Waals surface area contributed by atoms with Gasteiger partial charge in [0, 0.05) is 17.3 Å². The minimum absolute atomic E-state index is 0.00766. The second kappa shape index (κ2) is 5.76. The van der Waals surface area contributed by atoms with Crippen molar-refractivity contribution >= 4 is 11.6 Å².